The van der Waals surface area contributed by atoms with Crippen LogP contribution in [0.5, 0.6) is 0 Å². The Morgan fingerprint density at radius 2 is 1.88 bits per heavy atom. The van der Waals surface area contributed by atoms with Gasteiger partial charge in [0.05, 0.1) is 25.3 Å². The highest BCUT2D eigenvalue weighted by molar-refractivity contribution is 5.90. The van der Waals surface area contributed by atoms with Crippen LogP contribution in [0.3, 0.4) is 0 Å². The van der Waals surface area contributed by atoms with Gasteiger partial charge >= 0.3 is 6.09 Å². The molecule has 2 amide bonds. The van der Waals surface area contributed by atoms with E-state index in [4.69, 9.17) is 9.47 Å². The third-order valence-electron chi connectivity index (χ3n) is 5.21. The lowest BCUT2D eigenvalue weighted by Gasteiger charge is -2.32. The second-order valence-corrected chi connectivity index (χ2v) is 7.03. The number of carbonyl (C=O) groups excluding carboxylic acids is 2. The average molecular weight is 345 g/mol. The number of carbonyl (C=O) groups is 2. The highest BCUT2D eigenvalue weighted by Gasteiger charge is 2.46. The van der Waals surface area contributed by atoms with Crippen molar-refractivity contribution < 1.29 is 19.1 Å². The number of piperidine rings is 1. The smallest absolute Gasteiger partial charge is 0.414 e. The van der Waals surface area contributed by atoms with Crippen molar-refractivity contribution in [1.29, 1.82) is 0 Å². The van der Waals surface area contributed by atoms with Crippen LogP contribution in [0.25, 0.3) is 0 Å². The molecular formula is C18H23N3O4. The molecule has 1 N–H and O–H groups in total. The van der Waals surface area contributed by atoms with Crippen molar-refractivity contribution >= 4 is 23.4 Å². The maximum atomic E-state index is 12.1. The number of benzene rings is 1. The zero-order valence-corrected chi connectivity index (χ0v) is 14.4. The summed E-state index contributed by atoms with van der Waals surface area (Å²) in [7, 11) is 0. The number of rotatable bonds is 4. The first-order chi connectivity index (χ1) is 12.0. The Balaban J connectivity index is 1.37. The predicted molar refractivity (Wildman–Crippen MR) is 92.9 cm³/mol. The molecule has 25 heavy (non-hydrogen) atoms. The number of anilines is 2. The molecule has 3 heterocycles. The van der Waals surface area contributed by atoms with E-state index in [0.29, 0.717) is 13.1 Å². The van der Waals surface area contributed by atoms with Crippen molar-refractivity contribution in [2.24, 2.45) is 0 Å². The molecule has 0 bridgehead atoms. The Labute approximate surface area is 146 Å². The van der Waals surface area contributed by atoms with E-state index in [1.165, 1.54) is 12.6 Å². The zero-order valence-electron chi connectivity index (χ0n) is 14.4. The fourth-order valence-corrected chi connectivity index (χ4v) is 3.50. The number of nitrogens with one attached hydrogen (secondary N) is 1. The van der Waals surface area contributed by atoms with E-state index in [1.807, 2.05) is 12.1 Å². The second-order valence-electron chi connectivity index (χ2n) is 7.03. The molecule has 4 rings (SSSR count). The van der Waals surface area contributed by atoms with Crippen molar-refractivity contribution in [3.05, 3.63) is 24.3 Å². The Hall–Kier alpha value is -2.28. The van der Waals surface area contributed by atoms with Gasteiger partial charge in [0.25, 0.3) is 0 Å². The Bertz CT molecular complexity index is 661. The number of nitrogens with zero attached hydrogens (tertiary/aromatic N) is 2. The van der Waals surface area contributed by atoms with Gasteiger partial charge in [0.15, 0.2) is 0 Å². The number of cyclic esters (lactones) is 1. The van der Waals surface area contributed by atoms with Crippen LogP contribution in [-0.2, 0) is 14.3 Å². The van der Waals surface area contributed by atoms with Gasteiger partial charge in [0.2, 0.25) is 5.91 Å². The minimum atomic E-state index is -0.367. The van der Waals surface area contributed by atoms with E-state index in [1.54, 1.807) is 4.90 Å². The summed E-state index contributed by atoms with van der Waals surface area (Å²) in [5.74, 6) is -0.126. The summed E-state index contributed by atoms with van der Waals surface area (Å²) in [6.45, 7) is 5.16. The van der Waals surface area contributed by atoms with Crippen LogP contribution in [0.1, 0.15) is 19.8 Å². The molecule has 134 valence electrons. The van der Waals surface area contributed by atoms with Crippen LogP contribution in [0.15, 0.2) is 24.3 Å². The lowest BCUT2D eigenvalue weighted by molar-refractivity contribution is -0.119. The van der Waals surface area contributed by atoms with Gasteiger partial charge in [-0.05, 0) is 37.1 Å². The Morgan fingerprint density at radius 1 is 1.24 bits per heavy atom. The number of ether oxygens (including phenoxy) is 2. The molecule has 3 aliphatic heterocycles. The molecule has 0 aromatic heterocycles. The van der Waals surface area contributed by atoms with Crippen LogP contribution in [0.4, 0.5) is 16.2 Å². The van der Waals surface area contributed by atoms with E-state index in [0.717, 1.165) is 38.2 Å². The van der Waals surface area contributed by atoms with E-state index in [9.17, 15) is 9.59 Å². The molecule has 1 spiro atoms. The van der Waals surface area contributed by atoms with Crippen LogP contribution < -0.4 is 15.1 Å². The fraction of sp³-hybridized carbons (Fsp3) is 0.556. The standard InChI is InChI=1S/C18H23N3O4/c1-13(22)19-10-16-11-21(17(23)25-16)15-4-2-14(3-5-15)20-8-6-18(7-9-20)12-24-18/h2-5,16H,6-12H2,1H3,(H,19,22). The number of amides is 2. The lowest BCUT2D eigenvalue weighted by atomic mass is 9.97. The quantitative estimate of drug-likeness (QED) is 0.838. The first-order valence-electron chi connectivity index (χ1n) is 8.76. The summed E-state index contributed by atoms with van der Waals surface area (Å²) < 4.78 is 10.9. The van der Waals surface area contributed by atoms with E-state index >= 15 is 0 Å². The summed E-state index contributed by atoms with van der Waals surface area (Å²) in [6.07, 6.45) is 1.48. The zero-order chi connectivity index (χ0) is 17.4. The van der Waals surface area contributed by atoms with Gasteiger partial charge in [-0.25, -0.2) is 4.79 Å². The van der Waals surface area contributed by atoms with Crippen LogP contribution in [0, 0.1) is 0 Å². The number of hydrogen-bond acceptors (Lipinski definition) is 5. The third-order valence-corrected chi connectivity index (χ3v) is 5.21. The minimum Gasteiger partial charge on any atom is -0.442 e. The minimum absolute atomic E-state index is 0.126. The average Bonchev–Trinajstić information content (AvgIpc) is 3.26. The lowest BCUT2D eigenvalue weighted by Crippen LogP contribution is -2.37. The van der Waals surface area contributed by atoms with Gasteiger partial charge < -0.3 is 19.7 Å². The predicted octanol–water partition coefficient (Wildman–Crippen LogP) is 1.52. The molecule has 0 saturated carbocycles. The summed E-state index contributed by atoms with van der Waals surface area (Å²) in [4.78, 5) is 27.0. The van der Waals surface area contributed by atoms with Gasteiger partial charge in [-0.15, -0.1) is 0 Å². The van der Waals surface area contributed by atoms with Gasteiger partial charge in [0, 0.05) is 31.4 Å². The van der Waals surface area contributed by atoms with Crippen LogP contribution in [-0.4, -0.2) is 56.5 Å². The van der Waals surface area contributed by atoms with Gasteiger partial charge in [0.1, 0.15) is 6.10 Å². The van der Waals surface area contributed by atoms with Crippen LogP contribution >= 0.6 is 0 Å². The maximum absolute atomic E-state index is 12.1. The van der Waals surface area contributed by atoms with Crippen LogP contribution in [0.2, 0.25) is 0 Å². The fourth-order valence-electron chi connectivity index (χ4n) is 3.50. The molecule has 7 heteroatoms. The monoisotopic (exact) mass is 345 g/mol. The molecular weight excluding hydrogens is 322 g/mol. The van der Waals surface area contributed by atoms with Crippen molar-refractivity contribution in [1.82, 2.24) is 5.32 Å². The van der Waals surface area contributed by atoms with Crippen molar-refractivity contribution in [2.45, 2.75) is 31.5 Å². The Morgan fingerprint density at radius 3 is 2.48 bits per heavy atom. The largest absolute Gasteiger partial charge is 0.442 e. The summed E-state index contributed by atoms with van der Waals surface area (Å²) >= 11 is 0. The normalized spacial score (nSPS) is 24.4. The molecule has 3 fully saturated rings. The first kappa shape index (κ1) is 16.2. The molecule has 7 nitrogen and oxygen atoms in total. The van der Waals surface area contributed by atoms with E-state index < -0.39 is 0 Å². The highest BCUT2D eigenvalue weighted by atomic mass is 16.6. The molecule has 3 saturated heterocycles. The molecule has 1 unspecified atom stereocenters. The van der Waals surface area contributed by atoms with E-state index in [2.05, 4.69) is 22.3 Å². The molecule has 1 atom stereocenters. The molecule has 1 aromatic carbocycles. The molecule has 3 aliphatic rings. The number of hydrogen-bond donors (Lipinski definition) is 1. The summed E-state index contributed by atoms with van der Waals surface area (Å²) in [5.41, 5.74) is 2.17. The topological polar surface area (TPSA) is 74.4 Å². The summed E-state index contributed by atoms with van der Waals surface area (Å²) in [6, 6.07) is 8.01. The molecule has 0 radical (unpaired) electrons. The van der Waals surface area contributed by atoms with Gasteiger partial charge in [-0.2, -0.15) is 0 Å². The van der Waals surface area contributed by atoms with Crippen molar-refractivity contribution in [2.75, 3.05) is 42.6 Å². The Kier molecular flexibility index (Phi) is 4.03. The van der Waals surface area contributed by atoms with Crippen molar-refractivity contribution in [3.8, 4) is 0 Å². The second kappa shape index (κ2) is 6.22. The SMILES string of the molecule is CC(=O)NCC1CN(c2ccc(N3CCC4(CC3)CO4)cc2)C(=O)O1. The highest BCUT2D eigenvalue weighted by Crippen LogP contribution is 2.39. The van der Waals surface area contributed by atoms with Gasteiger partial charge in [-0.3, -0.25) is 9.69 Å². The van der Waals surface area contributed by atoms with Gasteiger partial charge in [-0.1, -0.05) is 0 Å². The molecule has 1 aromatic rings. The third kappa shape index (κ3) is 3.42. The van der Waals surface area contributed by atoms with Crippen molar-refractivity contribution in [3.63, 3.8) is 0 Å². The summed E-state index contributed by atoms with van der Waals surface area (Å²) in [5, 5.41) is 2.68. The first-order valence-corrected chi connectivity index (χ1v) is 8.76. The maximum Gasteiger partial charge on any atom is 0.414 e. The van der Waals surface area contributed by atoms with E-state index in [-0.39, 0.29) is 23.7 Å². The molecule has 0 aliphatic carbocycles. The number of epoxide rings is 1.